The van der Waals surface area contributed by atoms with E-state index < -0.39 is 8.32 Å². The Bertz CT molecular complexity index is 190. The first-order chi connectivity index (χ1) is 9.56. The molecule has 122 valence electrons. The number of ether oxygens (including phenoxy) is 1. The highest BCUT2D eigenvalue weighted by Crippen LogP contribution is 2.10. The fourth-order valence-electron chi connectivity index (χ4n) is 2.20. The standard InChI is InChI=1S/C17H38O2Si/c1-5-6-7-8-9-10-11-12-13-14-15-18-16-17-19-20(2,3)4/h5-17H2,1-4H3. The summed E-state index contributed by atoms with van der Waals surface area (Å²) < 4.78 is 11.3. The molecule has 0 aromatic heterocycles. The summed E-state index contributed by atoms with van der Waals surface area (Å²) in [5.74, 6) is 0. The molecule has 0 saturated heterocycles. The van der Waals surface area contributed by atoms with Gasteiger partial charge < -0.3 is 9.16 Å². The van der Waals surface area contributed by atoms with Gasteiger partial charge in [-0.2, -0.15) is 0 Å². The summed E-state index contributed by atoms with van der Waals surface area (Å²) >= 11 is 0. The molecule has 0 rings (SSSR count). The Morgan fingerprint density at radius 3 is 1.60 bits per heavy atom. The molecule has 0 amide bonds. The van der Waals surface area contributed by atoms with E-state index in [1.54, 1.807) is 0 Å². The van der Waals surface area contributed by atoms with Gasteiger partial charge in [0, 0.05) is 6.61 Å². The molecule has 0 aromatic carbocycles. The third-order valence-electron chi connectivity index (χ3n) is 3.40. The first kappa shape index (κ1) is 20.1. The second-order valence-corrected chi connectivity index (χ2v) is 11.3. The topological polar surface area (TPSA) is 18.5 Å². The molecular formula is C17H38O2Si. The van der Waals surface area contributed by atoms with Gasteiger partial charge in [-0.25, -0.2) is 0 Å². The molecule has 0 bridgehead atoms. The molecule has 0 radical (unpaired) electrons. The van der Waals surface area contributed by atoms with E-state index in [1.807, 2.05) is 0 Å². The Balaban J connectivity index is 2.99. The van der Waals surface area contributed by atoms with E-state index in [9.17, 15) is 0 Å². The van der Waals surface area contributed by atoms with Crippen molar-refractivity contribution in [2.45, 2.75) is 90.8 Å². The minimum atomic E-state index is -1.34. The Labute approximate surface area is 128 Å². The summed E-state index contributed by atoms with van der Waals surface area (Å²) in [6.45, 7) is 11.4. The molecule has 0 unspecified atom stereocenters. The fraction of sp³-hybridized carbons (Fsp3) is 1.00. The highest BCUT2D eigenvalue weighted by atomic mass is 28.4. The van der Waals surface area contributed by atoms with Gasteiger partial charge in [0.25, 0.3) is 0 Å². The second-order valence-electron chi connectivity index (χ2n) is 6.76. The quantitative estimate of drug-likeness (QED) is 0.282. The Morgan fingerprint density at radius 2 is 1.10 bits per heavy atom. The molecule has 0 heterocycles. The molecule has 20 heavy (non-hydrogen) atoms. The van der Waals surface area contributed by atoms with Crippen molar-refractivity contribution in [3.05, 3.63) is 0 Å². The van der Waals surface area contributed by atoms with E-state index in [2.05, 4.69) is 26.6 Å². The van der Waals surface area contributed by atoms with Crippen molar-refractivity contribution >= 4 is 8.32 Å². The highest BCUT2D eigenvalue weighted by molar-refractivity contribution is 6.69. The smallest absolute Gasteiger partial charge is 0.183 e. The number of rotatable bonds is 15. The van der Waals surface area contributed by atoms with Crippen molar-refractivity contribution in [2.24, 2.45) is 0 Å². The minimum Gasteiger partial charge on any atom is -0.415 e. The van der Waals surface area contributed by atoms with E-state index >= 15 is 0 Å². The van der Waals surface area contributed by atoms with Crippen LogP contribution in [0.1, 0.15) is 71.1 Å². The first-order valence-corrected chi connectivity index (χ1v) is 12.2. The van der Waals surface area contributed by atoms with Crippen LogP contribution in [-0.4, -0.2) is 28.1 Å². The molecule has 0 saturated carbocycles. The number of hydrogen-bond acceptors (Lipinski definition) is 2. The first-order valence-electron chi connectivity index (χ1n) is 8.78. The third kappa shape index (κ3) is 18.1. The number of unbranched alkanes of at least 4 members (excludes halogenated alkanes) is 9. The van der Waals surface area contributed by atoms with Crippen LogP contribution in [0.4, 0.5) is 0 Å². The van der Waals surface area contributed by atoms with Crippen molar-refractivity contribution < 1.29 is 9.16 Å². The molecule has 2 nitrogen and oxygen atoms in total. The zero-order valence-corrected chi connectivity index (χ0v) is 15.5. The molecule has 0 aliphatic rings. The van der Waals surface area contributed by atoms with Crippen LogP contribution in [0.5, 0.6) is 0 Å². The van der Waals surface area contributed by atoms with Gasteiger partial charge in [-0.1, -0.05) is 64.7 Å². The molecular weight excluding hydrogens is 264 g/mol. The molecule has 0 spiro atoms. The molecule has 0 N–H and O–H groups in total. The number of hydrogen-bond donors (Lipinski definition) is 0. The van der Waals surface area contributed by atoms with Gasteiger partial charge in [-0.15, -0.1) is 0 Å². The Kier molecular flexibility index (Phi) is 14.2. The van der Waals surface area contributed by atoms with Crippen LogP contribution in [-0.2, 0) is 9.16 Å². The summed E-state index contributed by atoms with van der Waals surface area (Å²) in [5, 5.41) is 0. The summed E-state index contributed by atoms with van der Waals surface area (Å²) in [7, 11) is -1.34. The molecule has 0 aliphatic heterocycles. The molecule has 0 fully saturated rings. The highest BCUT2D eigenvalue weighted by Gasteiger charge is 2.12. The van der Waals surface area contributed by atoms with E-state index in [-0.39, 0.29) is 0 Å². The van der Waals surface area contributed by atoms with E-state index in [1.165, 1.54) is 64.2 Å². The van der Waals surface area contributed by atoms with Crippen molar-refractivity contribution in [3.8, 4) is 0 Å². The largest absolute Gasteiger partial charge is 0.415 e. The second kappa shape index (κ2) is 14.1. The van der Waals surface area contributed by atoms with Gasteiger partial charge in [-0.3, -0.25) is 0 Å². The predicted octanol–water partition coefficient (Wildman–Crippen LogP) is 5.78. The molecule has 0 atom stereocenters. The lowest BCUT2D eigenvalue weighted by atomic mass is 10.1. The maximum atomic E-state index is 5.74. The Hall–Kier alpha value is 0.137. The molecule has 0 aromatic rings. The minimum absolute atomic E-state index is 0.766. The lowest BCUT2D eigenvalue weighted by Gasteiger charge is -2.16. The van der Waals surface area contributed by atoms with Gasteiger partial charge in [0.1, 0.15) is 0 Å². The SMILES string of the molecule is CCCCCCCCCCCCOCCO[Si](C)(C)C. The summed E-state index contributed by atoms with van der Waals surface area (Å²) in [5.41, 5.74) is 0. The maximum Gasteiger partial charge on any atom is 0.183 e. The van der Waals surface area contributed by atoms with E-state index in [0.717, 1.165) is 19.8 Å². The van der Waals surface area contributed by atoms with E-state index in [0.29, 0.717) is 0 Å². The lowest BCUT2D eigenvalue weighted by Crippen LogP contribution is -2.27. The maximum absolute atomic E-state index is 5.74. The van der Waals surface area contributed by atoms with E-state index in [4.69, 9.17) is 9.16 Å². The van der Waals surface area contributed by atoms with Crippen molar-refractivity contribution in [1.29, 1.82) is 0 Å². The van der Waals surface area contributed by atoms with Crippen molar-refractivity contribution in [3.63, 3.8) is 0 Å². The van der Waals surface area contributed by atoms with Crippen LogP contribution >= 0.6 is 0 Å². The van der Waals surface area contributed by atoms with Gasteiger partial charge >= 0.3 is 0 Å². The summed E-state index contributed by atoms with van der Waals surface area (Å²) in [4.78, 5) is 0. The van der Waals surface area contributed by atoms with Crippen LogP contribution in [0.25, 0.3) is 0 Å². The average molecular weight is 303 g/mol. The van der Waals surface area contributed by atoms with Crippen LogP contribution in [0, 0.1) is 0 Å². The lowest BCUT2D eigenvalue weighted by molar-refractivity contribution is 0.0949. The third-order valence-corrected chi connectivity index (χ3v) is 4.48. The van der Waals surface area contributed by atoms with Gasteiger partial charge in [0.15, 0.2) is 8.32 Å². The van der Waals surface area contributed by atoms with Gasteiger partial charge in [0.05, 0.1) is 13.2 Å². The molecule has 0 aliphatic carbocycles. The fourth-order valence-corrected chi connectivity index (χ4v) is 2.90. The zero-order chi connectivity index (χ0) is 15.1. The Morgan fingerprint density at radius 1 is 0.600 bits per heavy atom. The summed E-state index contributed by atoms with van der Waals surface area (Å²) in [6.07, 6.45) is 13.8. The van der Waals surface area contributed by atoms with Crippen LogP contribution in [0.2, 0.25) is 19.6 Å². The van der Waals surface area contributed by atoms with Crippen molar-refractivity contribution in [1.82, 2.24) is 0 Å². The van der Waals surface area contributed by atoms with Crippen LogP contribution in [0.15, 0.2) is 0 Å². The molecule has 3 heteroatoms. The van der Waals surface area contributed by atoms with Crippen molar-refractivity contribution in [2.75, 3.05) is 19.8 Å². The zero-order valence-electron chi connectivity index (χ0n) is 14.5. The normalized spacial score (nSPS) is 12.0. The van der Waals surface area contributed by atoms with Crippen LogP contribution in [0.3, 0.4) is 0 Å². The summed E-state index contributed by atoms with van der Waals surface area (Å²) in [6, 6.07) is 0. The van der Waals surface area contributed by atoms with Crippen LogP contribution < -0.4 is 0 Å². The average Bonchev–Trinajstić information content (AvgIpc) is 2.38. The van der Waals surface area contributed by atoms with Gasteiger partial charge in [0.2, 0.25) is 0 Å². The monoisotopic (exact) mass is 302 g/mol. The predicted molar refractivity (Wildman–Crippen MR) is 92.0 cm³/mol. The van der Waals surface area contributed by atoms with Gasteiger partial charge in [-0.05, 0) is 26.1 Å².